The number of halogens is 3. The molecule has 0 saturated carbocycles. The van der Waals surface area contributed by atoms with E-state index in [2.05, 4.69) is 5.32 Å². The molecule has 2 rings (SSSR count). The fourth-order valence-corrected chi connectivity index (χ4v) is 2.68. The van der Waals surface area contributed by atoms with E-state index in [1.54, 1.807) is 12.1 Å². The quantitative estimate of drug-likeness (QED) is 0.843. The van der Waals surface area contributed by atoms with Crippen molar-refractivity contribution in [2.75, 3.05) is 7.05 Å². The number of benzene rings is 2. The van der Waals surface area contributed by atoms with Gasteiger partial charge in [-0.15, -0.1) is 0 Å². The molecular weight excluding hydrogens is 296 g/mol. The van der Waals surface area contributed by atoms with Crippen LogP contribution in [0.15, 0.2) is 36.4 Å². The van der Waals surface area contributed by atoms with E-state index in [-0.39, 0.29) is 11.9 Å². The second-order valence-electron chi connectivity index (χ2n) is 4.76. The highest BCUT2D eigenvalue weighted by molar-refractivity contribution is 6.32. The molecule has 0 amide bonds. The Kier molecular flexibility index (Phi) is 5.03. The summed E-state index contributed by atoms with van der Waals surface area (Å²) in [6, 6.07) is 10.4. The van der Waals surface area contributed by atoms with Gasteiger partial charge < -0.3 is 5.32 Å². The van der Waals surface area contributed by atoms with Crippen LogP contribution in [-0.4, -0.2) is 7.05 Å². The van der Waals surface area contributed by atoms with Crippen LogP contribution in [0.3, 0.4) is 0 Å². The van der Waals surface area contributed by atoms with Crippen molar-refractivity contribution in [1.29, 1.82) is 0 Å². The van der Waals surface area contributed by atoms with Crippen molar-refractivity contribution >= 4 is 23.2 Å². The van der Waals surface area contributed by atoms with Crippen LogP contribution in [0.5, 0.6) is 0 Å². The summed E-state index contributed by atoms with van der Waals surface area (Å²) in [5.74, 6) is -0.251. The van der Waals surface area contributed by atoms with Crippen molar-refractivity contribution in [1.82, 2.24) is 5.32 Å². The van der Waals surface area contributed by atoms with Crippen molar-refractivity contribution in [2.24, 2.45) is 0 Å². The highest BCUT2D eigenvalue weighted by Crippen LogP contribution is 2.29. The van der Waals surface area contributed by atoms with Gasteiger partial charge in [0, 0.05) is 16.1 Å². The molecule has 106 valence electrons. The van der Waals surface area contributed by atoms with Crippen LogP contribution < -0.4 is 5.32 Å². The molecule has 1 nitrogen and oxygen atoms in total. The van der Waals surface area contributed by atoms with Crippen LogP contribution in [0.1, 0.15) is 22.7 Å². The number of likely N-dealkylation sites (N-methyl/N-ethyl adjacent to an activating group) is 1. The first kappa shape index (κ1) is 15.3. The standard InChI is InChI=1S/C16H16Cl2FN/c1-10-4-3-5-13(16(10)18)15(20-2)9-11-8-12(17)6-7-14(11)19/h3-8,15,20H,9H2,1-2H3. The average molecular weight is 312 g/mol. The Morgan fingerprint density at radius 3 is 2.65 bits per heavy atom. The first-order valence-electron chi connectivity index (χ1n) is 6.39. The lowest BCUT2D eigenvalue weighted by molar-refractivity contribution is 0.554. The second-order valence-corrected chi connectivity index (χ2v) is 5.57. The van der Waals surface area contributed by atoms with E-state index in [0.29, 0.717) is 22.0 Å². The lowest BCUT2D eigenvalue weighted by atomic mass is 9.97. The molecular formula is C16H16Cl2FN. The Balaban J connectivity index is 2.34. The van der Waals surface area contributed by atoms with Crippen molar-refractivity contribution < 1.29 is 4.39 Å². The van der Waals surface area contributed by atoms with E-state index < -0.39 is 0 Å². The van der Waals surface area contributed by atoms with Crippen LogP contribution in [0.2, 0.25) is 10.0 Å². The SMILES string of the molecule is CNC(Cc1cc(Cl)ccc1F)c1cccc(C)c1Cl. The summed E-state index contributed by atoms with van der Waals surface area (Å²) in [6.07, 6.45) is 0.492. The first-order valence-corrected chi connectivity index (χ1v) is 7.14. The minimum Gasteiger partial charge on any atom is -0.313 e. The minimum absolute atomic E-state index is 0.0598. The molecule has 0 aliphatic carbocycles. The zero-order chi connectivity index (χ0) is 14.7. The normalized spacial score (nSPS) is 12.4. The zero-order valence-corrected chi connectivity index (χ0v) is 12.9. The van der Waals surface area contributed by atoms with Gasteiger partial charge in [0.05, 0.1) is 0 Å². The van der Waals surface area contributed by atoms with Gasteiger partial charge in [-0.1, -0.05) is 41.4 Å². The summed E-state index contributed by atoms with van der Waals surface area (Å²) in [5, 5.41) is 4.44. The summed E-state index contributed by atoms with van der Waals surface area (Å²) in [7, 11) is 1.84. The fraction of sp³-hybridized carbons (Fsp3) is 0.250. The molecule has 0 saturated heterocycles. The Bertz CT molecular complexity index is 613. The average Bonchev–Trinajstić information content (AvgIpc) is 2.43. The van der Waals surface area contributed by atoms with Gasteiger partial charge in [-0.05, 0) is 55.3 Å². The van der Waals surface area contributed by atoms with Crippen molar-refractivity contribution in [3.8, 4) is 0 Å². The second kappa shape index (κ2) is 6.57. The molecule has 1 atom stereocenters. The van der Waals surface area contributed by atoms with E-state index in [4.69, 9.17) is 23.2 Å². The third kappa shape index (κ3) is 3.32. The highest BCUT2D eigenvalue weighted by Gasteiger charge is 2.16. The molecule has 2 aromatic carbocycles. The predicted molar refractivity (Wildman–Crippen MR) is 83.1 cm³/mol. The third-order valence-corrected chi connectivity index (χ3v) is 4.13. The molecule has 0 aliphatic heterocycles. The van der Waals surface area contributed by atoms with Gasteiger partial charge in [0.15, 0.2) is 0 Å². The van der Waals surface area contributed by atoms with E-state index in [9.17, 15) is 4.39 Å². The number of aryl methyl sites for hydroxylation is 1. The van der Waals surface area contributed by atoms with Crippen molar-refractivity contribution in [3.05, 3.63) is 69.0 Å². The van der Waals surface area contributed by atoms with Gasteiger partial charge in [-0.25, -0.2) is 4.39 Å². The maximum absolute atomic E-state index is 13.8. The Hall–Kier alpha value is -1.09. The Morgan fingerprint density at radius 2 is 1.95 bits per heavy atom. The van der Waals surface area contributed by atoms with Gasteiger partial charge in [-0.2, -0.15) is 0 Å². The number of hydrogen-bond acceptors (Lipinski definition) is 1. The number of rotatable bonds is 4. The van der Waals surface area contributed by atoms with E-state index in [0.717, 1.165) is 11.1 Å². The smallest absolute Gasteiger partial charge is 0.126 e. The Labute approximate surface area is 128 Å². The summed E-state index contributed by atoms with van der Waals surface area (Å²) < 4.78 is 13.8. The van der Waals surface area contributed by atoms with Crippen molar-refractivity contribution in [3.63, 3.8) is 0 Å². The molecule has 0 radical (unpaired) electrons. The molecule has 1 unspecified atom stereocenters. The zero-order valence-electron chi connectivity index (χ0n) is 11.4. The van der Waals surface area contributed by atoms with E-state index in [1.807, 2.05) is 32.2 Å². The topological polar surface area (TPSA) is 12.0 Å². The molecule has 1 N–H and O–H groups in total. The summed E-state index contributed by atoms with van der Waals surface area (Å²) in [6.45, 7) is 1.96. The molecule has 0 heterocycles. The maximum Gasteiger partial charge on any atom is 0.126 e. The molecule has 4 heteroatoms. The third-order valence-electron chi connectivity index (χ3n) is 3.38. The van der Waals surface area contributed by atoms with Crippen LogP contribution in [0, 0.1) is 12.7 Å². The van der Waals surface area contributed by atoms with Crippen LogP contribution in [-0.2, 0) is 6.42 Å². The highest BCUT2D eigenvalue weighted by atomic mass is 35.5. The predicted octanol–water partition coefficient (Wildman–Crippen LogP) is 4.94. The molecule has 20 heavy (non-hydrogen) atoms. The molecule has 0 fully saturated rings. The summed E-state index contributed by atoms with van der Waals surface area (Å²) in [4.78, 5) is 0. The minimum atomic E-state index is -0.251. The molecule has 0 aromatic heterocycles. The van der Waals surface area contributed by atoms with Gasteiger partial charge in [0.2, 0.25) is 0 Å². The number of nitrogens with one attached hydrogen (secondary N) is 1. The van der Waals surface area contributed by atoms with Crippen LogP contribution in [0.25, 0.3) is 0 Å². The van der Waals surface area contributed by atoms with Crippen LogP contribution in [0.4, 0.5) is 4.39 Å². The maximum atomic E-state index is 13.8. The van der Waals surface area contributed by atoms with Gasteiger partial charge in [0.25, 0.3) is 0 Å². The molecule has 0 spiro atoms. The lowest BCUT2D eigenvalue weighted by Crippen LogP contribution is -2.20. The van der Waals surface area contributed by atoms with E-state index in [1.165, 1.54) is 6.07 Å². The number of hydrogen-bond donors (Lipinski definition) is 1. The van der Waals surface area contributed by atoms with E-state index >= 15 is 0 Å². The molecule has 2 aromatic rings. The fourth-order valence-electron chi connectivity index (χ4n) is 2.23. The monoisotopic (exact) mass is 311 g/mol. The summed E-state index contributed by atoms with van der Waals surface area (Å²) >= 11 is 12.3. The summed E-state index contributed by atoms with van der Waals surface area (Å²) in [5.41, 5.74) is 2.55. The van der Waals surface area contributed by atoms with Crippen molar-refractivity contribution in [2.45, 2.75) is 19.4 Å². The van der Waals surface area contributed by atoms with Gasteiger partial charge >= 0.3 is 0 Å². The lowest BCUT2D eigenvalue weighted by Gasteiger charge is -2.19. The van der Waals surface area contributed by atoms with Crippen LogP contribution >= 0.6 is 23.2 Å². The van der Waals surface area contributed by atoms with Gasteiger partial charge in [0.1, 0.15) is 5.82 Å². The van der Waals surface area contributed by atoms with Gasteiger partial charge in [-0.3, -0.25) is 0 Å². The Morgan fingerprint density at radius 1 is 1.20 bits per heavy atom. The molecule has 0 aliphatic rings. The largest absolute Gasteiger partial charge is 0.313 e. The molecule has 0 bridgehead atoms. The first-order chi connectivity index (χ1) is 9.52.